The van der Waals surface area contributed by atoms with E-state index in [9.17, 15) is 22.8 Å². The molecule has 1 aromatic rings. The van der Waals surface area contributed by atoms with Crippen molar-refractivity contribution in [3.05, 3.63) is 17.0 Å². The zero-order valence-electron chi connectivity index (χ0n) is 15.3. The molecular weight excluding hydrogens is 363 g/mol. The largest absolute Gasteiger partial charge is 0.466 e. The van der Waals surface area contributed by atoms with Crippen LogP contribution in [0.5, 0.6) is 0 Å². The fraction of sp³-hybridized carbons (Fsp3) is 0.722. The zero-order chi connectivity index (χ0) is 19.6. The summed E-state index contributed by atoms with van der Waals surface area (Å²) >= 11 is 0. The van der Waals surface area contributed by atoms with Crippen molar-refractivity contribution >= 4 is 11.9 Å². The minimum absolute atomic E-state index is 0.0524. The van der Waals surface area contributed by atoms with Crippen molar-refractivity contribution in [1.29, 1.82) is 0 Å². The first-order chi connectivity index (χ1) is 12.8. The van der Waals surface area contributed by atoms with E-state index < -0.39 is 11.9 Å². The van der Waals surface area contributed by atoms with Crippen LogP contribution in [0.1, 0.15) is 56.0 Å². The highest BCUT2D eigenvalue weighted by Crippen LogP contribution is 2.35. The molecule has 0 atom stereocenters. The number of ether oxygens (including phenoxy) is 1. The SMILES string of the molecule is CCOC(=O)[C@H]1CC[C@H](CC(=O)N2CCc3c(C(F)(F)F)n[nH]c3C2)CC1. The topological polar surface area (TPSA) is 75.3 Å². The minimum atomic E-state index is -4.48. The molecule has 1 amide bonds. The van der Waals surface area contributed by atoms with Gasteiger partial charge in [-0.3, -0.25) is 14.7 Å². The van der Waals surface area contributed by atoms with Crippen molar-refractivity contribution in [3.8, 4) is 0 Å². The second-order valence-corrected chi connectivity index (χ2v) is 7.27. The first-order valence-corrected chi connectivity index (χ1v) is 9.37. The molecule has 1 saturated carbocycles. The molecule has 1 fully saturated rings. The summed E-state index contributed by atoms with van der Waals surface area (Å²) in [6.07, 6.45) is -0.943. The fourth-order valence-corrected chi connectivity index (χ4v) is 4.00. The third-order valence-electron chi connectivity index (χ3n) is 5.48. The van der Waals surface area contributed by atoms with Crippen molar-refractivity contribution in [2.45, 2.75) is 58.2 Å². The highest BCUT2D eigenvalue weighted by molar-refractivity contribution is 5.77. The van der Waals surface area contributed by atoms with Gasteiger partial charge in [-0.1, -0.05) is 0 Å². The van der Waals surface area contributed by atoms with Gasteiger partial charge in [-0.15, -0.1) is 0 Å². The maximum atomic E-state index is 12.9. The number of carbonyl (C=O) groups excluding carboxylic acids is 2. The molecule has 0 bridgehead atoms. The van der Waals surface area contributed by atoms with Crippen LogP contribution in [0.25, 0.3) is 0 Å². The summed E-state index contributed by atoms with van der Waals surface area (Å²) < 4.78 is 43.8. The van der Waals surface area contributed by atoms with Crippen LogP contribution in [0.15, 0.2) is 0 Å². The highest BCUT2D eigenvalue weighted by atomic mass is 19.4. The van der Waals surface area contributed by atoms with Gasteiger partial charge in [-0.2, -0.15) is 18.3 Å². The molecule has 150 valence electrons. The Morgan fingerprint density at radius 2 is 1.96 bits per heavy atom. The average Bonchev–Trinajstić information content (AvgIpc) is 3.06. The number of nitrogens with one attached hydrogen (secondary N) is 1. The van der Waals surface area contributed by atoms with Crippen molar-refractivity contribution < 1.29 is 27.5 Å². The lowest BCUT2D eigenvalue weighted by Crippen LogP contribution is -2.37. The lowest BCUT2D eigenvalue weighted by atomic mass is 9.80. The number of H-pyrrole nitrogens is 1. The summed E-state index contributed by atoms with van der Waals surface area (Å²) in [7, 11) is 0. The van der Waals surface area contributed by atoms with Crippen LogP contribution < -0.4 is 0 Å². The Hall–Kier alpha value is -2.06. The molecule has 1 aliphatic carbocycles. The van der Waals surface area contributed by atoms with E-state index in [0.717, 1.165) is 25.7 Å². The van der Waals surface area contributed by atoms with E-state index in [0.29, 0.717) is 18.7 Å². The number of halogens is 3. The number of aromatic amines is 1. The van der Waals surface area contributed by atoms with E-state index >= 15 is 0 Å². The molecule has 0 saturated heterocycles. The van der Waals surface area contributed by atoms with Crippen molar-refractivity contribution in [2.24, 2.45) is 11.8 Å². The van der Waals surface area contributed by atoms with Crippen LogP contribution in [0.3, 0.4) is 0 Å². The molecule has 1 aromatic heterocycles. The molecule has 6 nitrogen and oxygen atoms in total. The number of rotatable bonds is 4. The maximum absolute atomic E-state index is 12.9. The molecule has 2 aliphatic rings. The molecule has 0 spiro atoms. The number of fused-ring (bicyclic) bond motifs is 1. The second-order valence-electron chi connectivity index (χ2n) is 7.27. The number of amides is 1. The summed E-state index contributed by atoms with van der Waals surface area (Å²) in [4.78, 5) is 25.9. The van der Waals surface area contributed by atoms with Gasteiger partial charge >= 0.3 is 12.1 Å². The molecule has 0 unspecified atom stereocenters. The summed E-state index contributed by atoms with van der Waals surface area (Å²) in [5, 5.41) is 5.82. The highest BCUT2D eigenvalue weighted by Gasteiger charge is 2.39. The predicted molar refractivity (Wildman–Crippen MR) is 89.4 cm³/mol. The number of hydrogen-bond acceptors (Lipinski definition) is 4. The summed E-state index contributed by atoms with van der Waals surface area (Å²) in [6, 6.07) is 0. The monoisotopic (exact) mass is 387 g/mol. The second kappa shape index (κ2) is 7.90. The summed E-state index contributed by atoms with van der Waals surface area (Å²) in [6.45, 7) is 2.56. The minimum Gasteiger partial charge on any atom is -0.466 e. The molecular formula is C18H24F3N3O3. The van der Waals surface area contributed by atoms with Crippen LogP contribution in [0, 0.1) is 11.8 Å². The van der Waals surface area contributed by atoms with Crippen LogP contribution in [0.4, 0.5) is 13.2 Å². The molecule has 3 rings (SSSR count). The average molecular weight is 387 g/mol. The van der Waals surface area contributed by atoms with Gasteiger partial charge in [0.05, 0.1) is 24.8 Å². The summed E-state index contributed by atoms with van der Waals surface area (Å²) in [5.41, 5.74) is -0.337. The Bertz CT molecular complexity index is 694. The lowest BCUT2D eigenvalue weighted by molar-refractivity contribution is -0.149. The van der Waals surface area contributed by atoms with Crippen molar-refractivity contribution in [2.75, 3.05) is 13.2 Å². The number of esters is 1. The Balaban J connectivity index is 1.52. The standard InChI is InChI=1S/C18H24F3N3O3/c1-2-27-17(26)12-5-3-11(4-6-12)9-15(25)24-8-7-13-14(10-24)22-23-16(13)18(19,20)21/h11-12H,2-10H2,1H3,(H,22,23)/t11-,12-. The maximum Gasteiger partial charge on any atom is 0.435 e. The third kappa shape index (κ3) is 4.44. The van der Waals surface area contributed by atoms with E-state index in [1.165, 1.54) is 0 Å². The third-order valence-corrected chi connectivity index (χ3v) is 5.48. The van der Waals surface area contributed by atoms with E-state index in [1.54, 1.807) is 11.8 Å². The first-order valence-electron chi connectivity index (χ1n) is 9.37. The lowest BCUT2D eigenvalue weighted by Gasteiger charge is -2.31. The van der Waals surface area contributed by atoms with E-state index in [2.05, 4.69) is 10.2 Å². The smallest absolute Gasteiger partial charge is 0.435 e. The molecule has 1 N–H and O–H groups in total. The van der Waals surface area contributed by atoms with Gasteiger partial charge in [0.2, 0.25) is 5.91 Å². The Morgan fingerprint density at radius 3 is 2.59 bits per heavy atom. The van der Waals surface area contributed by atoms with Gasteiger partial charge in [0.1, 0.15) is 0 Å². The predicted octanol–water partition coefficient (Wildman–Crippen LogP) is 3.07. The van der Waals surface area contributed by atoms with E-state index in [4.69, 9.17) is 4.74 Å². The van der Waals surface area contributed by atoms with Crippen molar-refractivity contribution in [1.82, 2.24) is 15.1 Å². The molecule has 27 heavy (non-hydrogen) atoms. The quantitative estimate of drug-likeness (QED) is 0.806. The molecule has 0 aromatic carbocycles. The normalized spacial score (nSPS) is 23.0. The number of aromatic nitrogens is 2. The van der Waals surface area contributed by atoms with E-state index in [-0.39, 0.29) is 48.8 Å². The Kier molecular flexibility index (Phi) is 5.76. The molecule has 9 heteroatoms. The van der Waals surface area contributed by atoms with Crippen LogP contribution in [0.2, 0.25) is 0 Å². The van der Waals surface area contributed by atoms with Gasteiger partial charge in [0, 0.05) is 18.5 Å². The van der Waals surface area contributed by atoms with Gasteiger partial charge < -0.3 is 9.64 Å². The number of carbonyl (C=O) groups is 2. The van der Waals surface area contributed by atoms with Gasteiger partial charge in [-0.05, 0) is 44.9 Å². The zero-order valence-corrected chi connectivity index (χ0v) is 15.3. The molecule has 0 radical (unpaired) electrons. The van der Waals surface area contributed by atoms with Gasteiger partial charge in [-0.25, -0.2) is 0 Å². The first kappa shape index (κ1) is 19.7. The number of alkyl halides is 3. The van der Waals surface area contributed by atoms with E-state index in [1.807, 2.05) is 0 Å². The van der Waals surface area contributed by atoms with Gasteiger partial charge in [0.15, 0.2) is 5.69 Å². The number of nitrogens with zero attached hydrogens (tertiary/aromatic N) is 2. The van der Waals surface area contributed by atoms with Gasteiger partial charge in [0.25, 0.3) is 0 Å². The number of hydrogen-bond donors (Lipinski definition) is 1. The fourth-order valence-electron chi connectivity index (χ4n) is 4.00. The van der Waals surface area contributed by atoms with Crippen molar-refractivity contribution in [3.63, 3.8) is 0 Å². The summed E-state index contributed by atoms with van der Waals surface area (Å²) in [5.74, 6) is -0.0920. The molecule has 2 heterocycles. The molecule has 1 aliphatic heterocycles. The van der Waals surface area contributed by atoms with Crippen LogP contribution in [-0.2, 0) is 33.5 Å². The Labute approximate surface area is 155 Å². The Morgan fingerprint density at radius 1 is 1.26 bits per heavy atom. The van der Waals surface area contributed by atoms with Crippen LogP contribution >= 0.6 is 0 Å². The van der Waals surface area contributed by atoms with Crippen LogP contribution in [-0.4, -0.2) is 40.1 Å².